The molecular formula is C14H22FNO. The highest BCUT2D eigenvalue weighted by atomic mass is 19.1. The summed E-state index contributed by atoms with van der Waals surface area (Å²) in [6.07, 6.45) is 0.912. The molecule has 0 fully saturated rings. The Kier molecular flexibility index (Phi) is 5.59. The van der Waals surface area contributed by atoms with Crippen molar-refractivity contribution in [2.45, 2.75) is 26.3 Å². The molecule has 0 saturated heterocycles. The molecule has 0 aliphatic carbocycles. The molecule has 1 aromatic rings. The van der Waals surface area contributed by atoms with Gasteiger partial charge in [-0.1, -0.05) is 24.6 Å². The summed E-state index contributed by atoms with van der Waals surface area (Å²) in [6.45, 7) is 4.80. The van der Waals surface area contributed by atoms with Crippen molar-refractivity contribution < 1.29 is 9.13 Å². The molecule has 0 spiro atoms. The van der Waals surface area contributed by atoms with Crippen LogP contribution in [0.15, 0.2) is 18.2 Å². The largest absolute Gasteiger partial charge is 0.385 e. The Bertz CT molecular complexity index is 354. The Morgan fingerprint density at radius 3 is 2.71 bits per heavy atom. The molecule has 3 heteroatoms. The Hall–Kier alpha value is -0.930. The van der Waals surface area contributed by atoms with Gasteiger partial charge in [0.25, 0.3) is 0 Å². The lowest BCUT2D eigenvalue weighted by Crippen LogP contribution is -2.25. The average Bonchev–Trinajstić information content (AvgIpc) is 2.32. The first kappa shape index (κ1) is 14.1. The molecular weight excluding hydrogens is 217 g/mol. The molecule has 96 valence electrons. The molecule has 17 heavy (non-hydrogen) atoms. The monoisotopic (exact) mass is 239 g/mol. The molecule has 0 heterocycles. The summed E-state index contributed by atoms with van der Waals surface area (Å²) in [5.41, 5.74) is 1.83. The van der Waals surface area contributed by atoms with Gasteiger partial charge in [0, 0.05) is 25.3 Å². The normalized spacial score (nSPS) is 14.6. The molecule has 2 atom stereocenters. The zero-order valence-corrected chi connectivity index (χ0v) is 11.1. The predicted octanol–water partition coefficient (Wildman–Crippen LogP) is 3.07. The topological polar surface area (TPSA) is 21.3 Å². The Morgan fingerprint density at radius 2 is 2.12 bits per heavy atom. The van der Waals surface area contributed by atoms with Crippen LogP contribution in [0.3, 0.4) is 0 Å². The van der Waals surface area contributed by atoms with Crippen molar-refractivity contribution in [1.82, 2.24) is 5.32 Å². The third kappa shape index (κ3) is 3.79. The number of halogens is 1. The summed E-state index contributed by atoms with van der Waals surface area (Å²) in [5, 5.41) is 3.20. The maximum Gasteiger partial charge on any atom is 0.128 e. The minimum Gasteiger partial charge on any atom is -0.385 e. The van der Waals surface area contributed by atoms with Crippen molar-refractivity contribution in [2.24, 2.45) is 5.92 Å². The summed E-state index contributed by atoms with van der Waals surface area (Å²) in [6, 6.07) is 5.29. The van der Waals surface area contributed by atoms with Crippen molar-refractivity contribution in [2.75, 3.05) is 20.8 Å². The molecule has 1 aromatic carbocycles. The lowest BCUT2D eigenvalue weighted by atomic mass is 9.91. The molecule has 2 nitrogen and oxygen atoms in total. The highest BCUT2D eigenvalue weighted by molar-refractivity contribution is 5.27. The van der Waals surface area contributed by atoms with E-state index in [1.54, 1.807) is 13.2 Å². The van der Waals surface area contributed by atoms with Crippen LogP contribution in [0.5, 0.6) is 0 Å². The maximum atomic E-state index is 13.8. The number of hydrogen-bond acceptors (Lipinski definition) is 2. The maximum absolute atomic E-state index is 13.8. The van der Waals surface area contributed by atoms with Crippen molar-refractivity contribution >= 4 is 0 Å². The lowest BCUT2D eigenvalue weighted by Gasteiger charge is -2.24. The Morgan fingerprint density at radius 1 is 1.41 bits per heavy atom. The lowest BCUT2D eigenvalue weighted by molar-refractivity contribution is 0.171. The molecule has 1 N–H and O–H groups in total. The van der Waals surface area contributed by atoms with Crippen LogP contribution in [0, 0.1) is 18.7 Å². The first-order valence-electron chi connectivity index (χ1n) is 6.02. The highest BCUT2D eigenvalue weighted by Crippen LogP contribution is 2.27. The number of nitrogens with one attached hydrogen (secondary N) is 1. The fraction of sp³-hybridized carbons (Fsp3) is 0.571. The summed E-state index contributed by atoms with van der Waals surface area (Å²) in [5.74, 6) is 0.190. The van der Waals surface area contributed by atoms with Gasteiger partial charge >= 0.3 is 0 Å². The molecule has 1 rings (SSSR count). The van der Waals surface area contributed by atoms with Crippen LogP contribution in [-0.4, -0.2) is 20.8 Å². The van der Waals surface area contributed by atoms with Crippen molar-refractivity contribution in [3.05, 3.63) is 35.1 Å². The minimum atomic E-state index is -0.140. The Labute approximate surface area is 103 Å². The predicted molar refractivity (Wildman–Crippen MR) is 68.6 cm³/mol. The second-order valence-electron chi connectivity index (χ2n) is 4.55. The van der Waals surface area contributed by atoms with E-state index in [1.807, 2.05) is 20.0 Å². The molecule has 0 aromatic heterocycles. The third-order valence-electron chi connectivity index (χ3n) is 3.14. The van der Waals surface area contributed by atoms with E-state index < -0.39 is 0 Å². The van der Waals surface area contributed by atoms with Crippen molar-refractivity contribution in [1.29, 1.82) is 0 Å². The molecule has 0 amide bonds. The summed E-state index contributed by atoms with van der Waals surface area (Å²) in [4.78, 5) is 0. The standard InChI is InChI=1S/C14H22FNO/c1-10-5-6-13(15)12(9-10)14(16-3)11(2)7-8-17-4/h5-6,9,11,14,16H,7-8H2,1-4H3. The van der Waals surface area contributed by atoms with E-state index in [2.05, 4.69) is 12.2 Å². The van der Waals surface area contributed by atoms with Crippen molar-refractivity contribution in [3.8, 4) is 0 Å². The average molecular weight is 239 g/mol. The van der Waals surface area contributed by atoms with E-state index >= 15 is 0 Å². The van der Waals surface area contributed by atoms with Gasteiger partial charge in [0.2, 0.25) is 0 Å². The van der Waals surface area contributed by atoms with Gasteiger partial charge in [-0.3, -0.25) is 0 Å². The van der Waals surface area contributed by atoms with Crippen LogP contribution >= 0.6 is 0 Å². The molecule has 2 unspecified atom stereocenters. The van der Waals surface area contributed by atoms with Crippen LogP contribution < -0.4 is 5.32 Å². The van der Waals surface area contributed by atoms with Crippen LogP contribution in [0.25, 0.3) is 0 Å². The fourth-order valence-corrected chi connectivity index (χ4v) is 2.12. The second kappa shape index (κ2) is 6.72. The van der Waals surface area contributed by atoms with Gasteiger partial charge in [0.05, 0.1) is 0 Å². The fourth-order valence-electron chi connectivity index (χ4n) is 2.12. The van der Waals surface area contributed by atoms with E-state index in [-0.39, 0.29) is 11.9 Å². The van der Waals surface area contributed by atoms with E-state index in [4.69, 9.17) is 4.74 Å². The number of benzene rings is 1. The van der Waals surface area contributed by atoms with E-state index in [1.165, 1.54) is 6.07 Å². The van der Waals surface area contributed by atoms with Gasteiger partial charge in [-0.2, -0.15) is 0 Å². The first-order valence-corrected chi connectivity index (χ1v) is 6.02. The van der Waals surface area contributed by atoms with E-state index in [9.17, 15) is 4.39 Å². The quantitative estimate of drug-likeness (QED) is 0.823. The van der Waals surface area contributed by atoms with Crippen LogP contribution in [0.2, 0.25) is 0 Å². The van der Waals surface area contributed by atoms with Gasteiger partial charge < -0.3 is 10.1 Å². The molecule has 0 aliphatic heterocycles. The van der Waals surface area contributed by atoms with Crippen LogP contribution in [0.1, 0.15) is 30.5 Å². The molecule has 0 radical (unpaired) electrons. The van der Waals surface area contributed by atoms with Gasteiger partial charge in [-0.05, 0) is 32.4 Å². The second-order valence-corrected chi connectivity index (χ2v) is 4.55. The van der Waals surface area contributed by atoms with Crippen LogP contribution in [-0.2, 0) is 4.74 Å². The number of rotatable bonds is 6. The number of methoxy groups -OCH3 is 1. The zero-order chi connectivity index (χ0) is 12.8. The summed E-state index contributed by atoms with van der Waals surface area (Å²) >= 11 is 0. The van der Waals surface area contributed by atoms with Crippen LogP contribution in [0.4, 0.5) is 4.39 Å². The number of hydrogen-bond donors (Lipinski definition) is 1. The first-order chi connectivity index (χ1) is 8.10. The smallest absolute Gasteiger partial charge is 0.128 e. The van der Waals surface area contributed by atoms with Gasteiger partial charge in [-0.15, -0.1) is 0 Å². The van der Waals surface area contributed by atoms with E-state index in [0.717, 1.165) is 17.5 Å². The summed E-state index contributed by atoms with van der Waals surface area (Å²) < 4.78 is 18.9. The Balaban J connectivity index is 2.88. The molecule has 0 saturated carbocycles. The molecule has 0 aliphatic rings. The van der Waals surface area contributed by atoms with Gasteiger partial charge in [-0.25, -0.2) is 4.39 Å². The van der Waals surface area contributed by atoms with E-state index in [0.29, 0.717) is 12.5 Å². The highest BCUT2D eigenvalue weighted by Gasteiger charge is 2.20. The molecule has 0 bridgehead atoms. The van der Waals surface area contributed by atoms with Gasteiger partial charge in [0.15, 0.2) is 0 Å². The number of ether oxygens (including phenoxy) is 1. The number of aryl methyl sites for hydroxylation is 1. The van der Waals surface area contributed by atoms with Crippen molar-refractivity contribution in [3.63, 3.8) is 0 Å². The third-order valence-corrected chi connectivity index (χ3v) is 3.14. The minimum absolute atomic E-state index is 0.0325. The van der Waals surface area contributed by atoms with Gasteiger partial charge in [0.1, 0.15) is 5.82 Å². The summed E-state index contributed by atoms with van der Waals surface area (Å²) in [7, 11) is 3.56. The SMILES string of the molecule is CNC(c1cc(C)ccc1F)C(C)CCOC. The zero-order valence-electron chi connectivity index (χ0n) is 11.1.